The van der Waals surface area contributed by atoms with E-state index in [0.717, 1.165) is 35.1 Å². The van der Waals surface area contributed by atoms with Crippen LogP contribution < -0.4 is 9.47 Å². The molecule has 0 aliphatic rings. The number of rotatable bonds is 6. The van der Waals surface area contributed by atoms with Crippen molar-refractivity contribution in [1.82, 2.24) is 0 Å². The Labute approximate surface area is 136 Å². The van der Waals surface area contributed by atoms with Gasteiger partial charge in [0.1, 0.15) is 11.5 Å². The van der Waals surface area contributed by atoms with Crippen molar-refractivity contribution in [3.05, 3.63) is 58.7 Å². The molecule has 0 spiro atoms. The Hall–Kier alpha value is -2.98. The quantitative estimate of drug-likeness (QED) is 0.753. The summed E-state index contributed by atoms with van der Waals surface area (Å²) in [5.74, 6) is 1.21. The first-order valence-corrected chi connectivity index (χ1v) is 7.58. The molecule has 0 saturated carbocycles. The summed E-state index contributed by atoms with van der Waals surface area (Å²) < 4.78 is 10.1. The molecule has 0 saturated heterocycles. The normalized spacial score (nSPS) is 9.74. The monoisotopic (exact) mass is 306 g/mol. The number of hydrogen-bond donors (Lipinski definition) is 0. The van der Waals surface area contributed by atoms with Crippen LogP contribution in [0.4, 0.5) is 0 Å². The van der Waals surface area contributed by atoms with Crippen molar-refractivity contribution in [1.29, 1.82) is 10.5 Å². The topological polar surface area (TPSA) is 66.0 Å². The summed E-state index contributed by atoms with van der Waals surface area (Å²) in [5.41, 5.74) is 4.29. The van der Waals surface area contributed by atoms with Crippen molar-refractivity contribution in [2.75, 3.05) is 0 Å². The smallest absolute Gasteiger partial charge is 0.292 e. The number of benzene rings is 2. The van der Waals surface area contributed by atoms with Gasteiger partial charge in [-0.2, -0.15) is 0 Å². The summed E-state index contributed by atoms with van der Waals surface area (Å²) in [6, 6.07) is 11.5. The summed E-state index contributed by atoms with van der Waals surface area (Å²) in [7, 11) is 0. The van der Waals surface area contributed by atoms with E-state index in [1.165, 1.54) is 0 Å². The van der Waals surface area contributed by atoms with E-state index in [1.807, 2.05) is 50.2 Å². The lowest BCUT2D eigenvalue weighted by atomic mass is 9.93. The van der Waals surface area contributed by atoms with Gasteiger partial charge in [0.15, 0.2) is 0 Å². The number of nitriles is 2. The van der Waals surface area contributed by atoms with Crippen LogP contribution in [0.25, 0.3) is 0 Å². The van der Waals surface area contributed by atoms with Crippen LogP contribution in [-0.2, 0) is 19.3 Å². The molecule has 0 amide bonds. The average molecular weight is 306 g/mol. The zero-order chi connectivity index (χ0) is 16.7. The van der Waals surface area contributed by atoms with Gasteiger partial charge in [0.05, 0.1) is 0 Å². The Morgan fingerprint density at radius 2 is 1.22 bits per heavy atom. The van der Waals surface area contributed by atoms with Crippen LogP contribution in [0.5, 0.6) is 11.5 Å². The molecule has 0 aliphatic carbocycles. The van der Waals surface area contributed by atoms with E-state index in [-0.39, 0.29) is 0 Å². The largest absolute Gasteiger partial charge is 0.388 e. The molecule has 0 atom stereocenters. The van der Waals surface area contributed by atoms with Gasteiger partial charge in [-0.25, -0.2) is 0 Å². The van der Waals surface area contributed by atoms with Gasteiger partial charge in [-0.05, 0) is 53.6 Å². The van der Waals surface area contributed by atoms with E-state index in [0.29, 0.717) is 17.9 Å². The van der Waals surface area contributed by atoms with Gasteiger partial charge in [0, 0.05) is 0 Å². The molecule has 4 nitrogen and oxygen atoms in total. The van der Waals surface area contributed by atoms with Crippen molar-refractivity contribution in [3.63, 3.8) is 0 Å². The Morgan fingerprint density at radius 3 is 1.57 bits per heavy atom. The van der Waals surface area contributed by atoms with Crippen LogP contribution in [0, 0.1) is 23.0 Å². The third-order valence-corrected chi connectivity index (χ3v) is 3.86. The van der Waals surface area contributed by atoms with Gasteiger partial charge in [0.25, 0.3) is 12.5 Å². The van der Waals surface area contributed by atoms with Crippen molar-refractivity contribution >= 4 is 0 Å². The molecule has 23 heavy (non-hydrogen) atoms. The SMILES string of the molecule is CCc1c(Cc2cccc(OC#N)c2CC)cccc1OC#N. The first-order valence-electron chi connectivity index (χ1n) is 7.58. The van der Waals surface area contributed by atoms with Gasteiger partial charge >= 0.3 is 0 Å². The van der Waals surface area contributed by atoms with Crippen molar-refractivity contribution in [3.8, 4) is 24.0 Å². The molecule has 0 unspecified atom stereocenters. The van der Waals surface area contributed by atoms with E-state index in [4.69, 9.17) is 20.0 Å². The van der Waals surface area contributed by atoms with E-state index in [9.17, 15) is 0 Å². The lowest BCUT2D eigenvalue weighted by molar-refractivity contribution is 0.499. The predicted octanol–water partition coefficient (Wildman–Crippen LogP) is 4.12. The lowest BCUT2D eigenvalue weighted by Gasteiger charge is -2.14. The zero-order valence-electron chi connectivity index (χ0n) is 13.3. The minimum atomic E-state index is 0.606. The van der Waals surface area contributed by atoms with Crippen molar-refractivity contribution in [2.24, 2.45) is 0 Å². The number of nitrogens with zero attached hydrogens (tertiary/aromatic N) is 2. The molecule has 2 aromatic carbocycles. The molecule has 0 aromatic heterocycles. The van der Waals surface area contributed by atoms with Gasteiger partial charge in [0.2, 0.25) is 0 Å². The minimum absolute atomic E-state index is 0.606. The molecule has 2 aromatic rings. The van der Waals surface area contributed by atoms with Crippen LogP contribution in [0.15, 0.2) is 36.4 Å². The highest BCUT2D eigenvalue weighted by Crippen LogP contribution is 2.29. The average Bonchev–Trinajstić information content (AvgIpc) is 2.56. The van der Waals surface area contributed by atoms with Crippen LogP contribution in [0.2, 0.25) is 0 Å². The van der Waals surface area contributed by atoms with Gasteiger partial charge in [-0.3, -0.25) is 0 Å². The molecule has 0 heterocycles. The molecule has 0 N–H and O–H groups in total. The molecule has 0 fully saturated rings. The second-order valence-electron chi connectivity index (χ2n) is 5.06. The fourth-order valence-corrected chi connectivity index (χ4v) is 2.85. The van der Waals surface area contributed by atoms with E-state index in [2.05, 4.69) is 0 Å². The van der Waals surface area contributed by atoms with Crippen LogP contribution >= 0.6 is 0 Å². The summed E-state index contributed by atoms with van der Waals surface area (Å²) >= 11 is 0. The van der Waals surface area contributed by atoms with E-state index >= 15 is 0 Å². The summed E-state index contributed by atoms with van der Waals surface area (Å²) in [6.07, 6.45) is 5.75. The lowest BCUT2D eigenvalue weighted by Crippen LogP contribution is -2.02. The first kappa shape index (κ1) is 16.4. The maximum absolute atomic E-state index is 8.78. The summed E-state index contributed by atoms with van der Waals surface area (Å²) in [5, 5.41) is 17.6. The highest BCUT2D eigenvalue weighted by Gasteiger charge is 2.13. The molecule has 2 rings (SSSR count). The fraction of sp³-hybridized carbons (Fsp3) is 0.263. The molecule has 4 heteroatoms. The summed E-state index contributed by atoms with van der Waals surface area (Å²) in [6.45, 7) is 4.08. The van der Waals surface area contributed by atoms with Crippen LogP contribution in [0.1, 0.15) is 36.1 Å². The predicted molar refractivity (Wildman–Crippen MR) is 86.9 cm³/mol. The van der Waals surface area contributed by atoms with Gasteiger partial charge in [-0.15, -0.1) is 10.5 Å². The standard InChI is InChI=1S/C19H18N2O2/c1-3-16-14(7-5-9-18(16)22-12-20)11-15-8-6-10-19(23-13-21)17(15)4-2/h5-10H,3-4,11H2,1-2H3. The molecular weight excluding hydrogens is 288 g/mol. The Balaban J connectivity index is 2.44. The molecule has 0 radical (unpaired) electrons. The highest BCUT2D eigenvalue weighted by molar-refractivity contribution is 5.47. The van der Waals surface area contributed by atoms with Gasteiger partial charge < -0.3 is 9.47 Å². The first-order chi connectivity index (χ1) is 11.2. The molecule has 0 aliphatic heterocycles. The van der Waals surface area contributed by atoms with E-state index < -0.39 is 0 Å². The number of hydrogen-bond acceptors (Lipinski definition) is 4. The third kappa shape index (κ3) is 3.62. The van der Waals surface area contributed by atoms with Crippen LogP contribution in [-0.4, -0.2) is 0 Å². The summed E-state index contributed by atoms with van der Waals surface area (Å²) in [4.78, 5) is 0. The second kappa shape index (κ2) is 7.87. The number of ether oxygens (including phenoxy) is 2. The maximum Gasteiger partial charge on any atom is 0.292 e. The minimum Gasteiger partial charge on any atom is -0.388 e. The maximum atomic E-state index is 8.78. The Bertz CT molecular complexity index is 704. The molecular formula is C19H18N2O2. The van der Waals surface area contributed by atoms with Gasteiger partial charge in [-0.1, -0.05) is 38.1 Å². The third-order valence-electron chi connectivity index (χ3n) is 3.86. The Kier molecular flexibility index (Phi) is 5.61. The van der Waals surface area contributed by atoms with Crippen molar-refractivity contribution in [2.45, 2.75) is 33.1 Å². The van der Waals surface area contributed by atoms with Crippen LogP contribution in [0.3, 0.4) is 0 Å². The highest BCUT2D eigenvalue weighted by atomic mass is 16.5. The fourth-order valence-electron chi connectivity index (χ4n) is 2.85. The second-order valence-corrected chi connectivity index (χ2v) is 5.06. The molecule has 116 valence electrons. The van der Waals surface area contributed by atoms with E-state index in [1.54, 1.807) is 12.5 Å². The zero-order valence-corrected chi connectivity index (χ0v) is 13.3. The Morgan fingerprint density at radius 1 is 0.783 bits per heavy atom. The van der Waals surface area contributed by atoms with Crippen molar-refractivity contribution < 1.29 is 9.47 Å². The molecule has 0 bridgehead atoms.